The van der Waals surface area contributed by atoms with Gasteiger partial charge in [-0.3, -0.25) is 9.79 Å². The molecule has 0 spiro atoms. The van der Waals surface area contributed by atoms with Crippen molar-refractivity contribution in [3.8, 4) is 5.75 Å². The Morgan fingerprint density at radius 1 is 1.11 bits per heavy atom. The Hall–Kier alpha value is -1.59. The number of hydrogen-bond acceptors (Lipinski definition) is 5. The maximum absolute atomic E-state index is 12.1. The summed E-state index contributed by atoms with van der Waals surface area (Å²) in [6.45, 7) is 4.56. The van der Waals surface area contributed by atoms with Crippen molar-refractivity contribution in [2.75, 3.05) is 67.6 Å². The highest BCUT2D eigenvalue weighted by atomic mass is 127. The number of guanidine groups is 1. The summed E-state index contributed by atoms with van der Waals surface area (Å²) in [7, 11) is 7.11. The van der Waals surface area contributed by atoms with E-state index in [1.54, 1.807) is 39.5 Å². The first-order valence-electron chi connectivity index (χ1n) is 9.15. The molecule has 9 heteroatoms. The molecular formula is C19H34IN5O3. The average molecular weight is 507 g/mol. The third-order valence-corrected chi connectivity index (χ3v) is 3.93. The van der Waals surface area contributed by atoms with Gasteiger partial charge in [0.05, 0.1) is 7.11 Å². The van der Waals surface area contributed by atoms with Gasteiger partial charge in [0.1, 0.15) is 5.75 Å². The van der Waals surface area contributed by atoms with Gasteiger partial charge in [-0.15, -0.1) is 24.0 Å². The van der Waals surface area contributed by atoms with Crippen LogP contribution in [0.3, 0.4) is 0 Å². The summed E-state index contributed by atoms with van der Waals surface area (Å²) in [6.07, 6.45) is 1.02. The minimum Gasteiger partial charge on any atom is -0.497 e. The van der Waals surface area contributed by atoms with E-state index in [4.69, 9.17) is 9.47 Å². The summed E-state index contributed by atoms with van der Waals surface area (Å²) in [5.74, 6) is 1.25. The molecule has 3 N–H and O–H groups in total. The van der Waals surface area contributed by atoms with Gasteiger partial charge >= 0.3 is 0 Å². The summed E-state index contributed by atoms with van der Waals surface area (Å²) >= 11 is 0. The number of nitrogens with zero attached hydrogens (tertiary/aromatic N) is 2. The normalized spacial score (nSPS) is 11.0. The molecule has 1 aromatic rings. The number of likely N-dealkylation sites (N-methyl/N-ethyl adjacent to an activating group) is 1. The molecule has 0 atom stereocenters. The number of halogens is 1. The van der Waals surface area contributed by atoms with Crippen molar-refractivity contribution in [2.45, 2.75) is 6.42 Å². The number of hydrogen-bond donors (Lipinski definition) is 3. The fraction of sp³-hybridized carbons (Fsp3) is 0.579. The minimum absolute atomic E-state index is 0. The van der Waals surface area contributed by atoms with E-state index in [0.29, 0.717) is 24.4 Å². The largest absolute Gasteiger partial charge is 0.497 e. The van der Waals surface area contributed by atoms with Crippen molar-refractivity contribution in [3.63, 3.8) is 0 Å². The van der Waals surface area contributed by atoms with E-state index in [1.807, 2.05) is 6.07 Å². The monoisotopic (exact) mass is 507 g/mol. The topological polar surface area (TPSA) is 87.2 Å². The van der Waals surface area contributed by atoms with Crippen LogP contribution in [-0.2, 0) is 4.74 Å². The Morgan fingerprint density at radius 2 is 1.82 bits per heavy atom. The molecule has 0 radical (unpaired) electrons. The van der Waals surface area contributed by atoms with Crippen LogP contribution in [0.1, 0.15) is 16.8 Å². The van der Waals surface area contributed by atoms with Crippen molar-refractivity contribution in [3.05, 3.63) is 29.8 Å². The van der Waals surface area contributed by atoms with Crippen LogP contribution in [0.25, 0.3) is 0 Å². The smallest absolute Gasteiger partial charge is 0.251 e. The van der Waals surface area contributed by atoms with Crippen molar-refractivity contribution in [1.82, 2.24) is 20.9 Å². The zero-order chi connectivity index (χ0) is 19.9. The minimum atomic E-state index is -0.128. The molecule has 0 bridgehead atoms. The third-order valence-electron chi connectivity index (χ3n) is 3.93. The Labute approximate surface area is 185 Å². The number of nitrogens with one attached hydrogen (secondary N) is 3. The molecule has 160 valence electrons. The Kier molecular flexibility index (Phi) is 15.4. The van der Waals surface area contributed by atoms with E-state index >= 15 is 0 Å². The van der Waals surface area contributed by atoms with Gasteiger partial charge in [0.2, 0.25) is 0 Å². The summed E-state index contributed by atoms with van der Waals surface area (Å²) in [5, 5.41) is 9.32. The predicted octanol–water partition coefficient (Wildman–Crippen LogP) is 1.18. The molecule has 1 aromatic carbocycles. The number of ether oxygens (including phenoxy) is 2. The highest BCUT2D eigenvalue weighted by Crippen LogP contribution is 2.12. The van der Waals surface area contributed by atoms with Crippen LogP contribution < -0.4 is 20.7 Å². The lowest BCUT2D eigenvalue weighted by Gasteiger charge is -2.18. The number of benzene rings is 1. The van der Waals surface area contributed by atoms with E-state index in [1.165, 1.54) is 0 Å². The molecule has 0 fully saturated rings. The second-order valence-corrected chi connectivity index (χ2v) is 6.06. The van der Waals surface area contributed by atoms with Crippen LogP contribution in [-0.4, -0.2) is 84.4 Å². The van der Waals surface area contributed by atoms with Gasteiger partial charge in [-0.05, 0) is 31.7 Å². The Morgan fingerprint density at radius 3 is 2.50 bits per heavy atom. The molecule has 0 aromatic heterocycles. The van der Waals surface area contributed by atoms with Crippen molar-refractivity contribution in [1.29, 1.82) is 0 Å². The van der Waals surface area contributed by atoms with Gasteiger partial charge in [0.25, 0.3) is 5.91 Å². The van der Waals surface area contributed by atoms with E-state index in [-0.39, 0.29) is 29.9 Å². The van der Waals surface area contributed by atoms with Gasteiger partial charge < -0.3 is 30.3 Å². The second-order valence-electron chi connectivity index (χ2n) is 6.06. The van der Waals surface area contributed by atoms with E-state index in [9.17, 15) is 4.79 Å². The number of amides is 1. The van der Waals surface area contributed by atoms with Gasteiger partial charge in [0, 0.05) is 59.1 Å². The lowest BCUT2D eigenvalue weighted by molar-refractivity contribution is 0.0954. The molecule has 1 amide bonds. The SMILES string of the molecule is CN=C(NCCNC(=O)c1cccc(OC)c1)NCCN(C)CCCOC.I. The number of methoxy groups -OCH3 is 2. The van der Waals surface area contributed by atoms with Crippen molar-refractivity contribution in [2.24, 2.45) is 4.99 Å². The average Bonchev–Trinajstić information content (AvgIpc) is 2.69. The molecule has 0 saturated heterocycles. The summed E-state index contributed by atoms with van der Waals surface area (Å²) < 4.78 is 10.2. The summed E-state index contributed by atoms with van der Waals surface area (Å²) in [6, 6.07) is 7.08. The van der Waals surface area contributed by atoms with Gasteiger partial charge in [-0.1, -0.05) is 6.07 Å². The highest BCUT2D eigenvalue weighted by molar-refractivity contribution is 14.0. The van der Waals surface area contributed by atoms with E-state index in [0.717, 1.165) is 38.6 Å². The molecule has 0 heterocycles. The Bertz CT molecular complexity index is 586. The standard InChI is InChI=1S/C19H33N5O3.HI/c1-20-19(23-11-13-24(2)12-6-14-26-3)22-10-9-21-18(25)16-7-5-8-17(15-16)27-4;/h5,7-8,15H,6,9-14H2,1-4H3,(H,21,25)(H2,20,22,23);1H. The lowest BCUT2D eigenvalue weighted by atomic mass is 10.2. The van der Waals surface area contributed by atoms with Gasteiger partial charge in [-0.25, -0.2) is 0 Å². The fourth-order valence-electron chi connectivity index (χ4n) is 2.40. The zero-order valence-corrected chi connectivity index (χ0v) is 19.6. The molecule has 0 saturated carbocycles. The number of carbonyl (C=O) groups excluding carboxylic acids is 1. The van der Waals surface area contributed by atoms with Crippen molar-refractivity contribution >= 4 is 35.8 Å². The molecule has 0 aliphatic carbocycles. The summed E-state index contributed by atoms with van der Waals surface area (Å²) in [4.78, 5) is 18.6. The van der Waals surface area contributed by atoms with Crippen LogP contribution in [0.15, 0.2) is 29.3 Å². The molecule has 0 unspecified atom stereocenters. The second kappa shape index (κ2) is 16.4. The quantitative estimate of drug-likeness (QED) is 0.171. The van der Waals surface area contributed by atoms with Crippen LogP contribution >= 0.6 is 24.0 Å². The molecule has 28 heavy (non-hydrogen) atoms. The van der Waals surface area contributed by atoms with Crippen LogP contribution in [0, 0.1) is 0 Å². The molecule has 1 rings (SSSR count). The maximum Gasteiger partial charge on any atom is 0.251 e. The predicted molar refractivity (Wildman–Crippen MR) is 124 cm³/mol. The van der Waals surface area contributed by atoms with Crippen LogP contribution in [0.4, 0.5) is 0 Å². The first kappa shape index (κ1) is 26.4. The molecular weight excluding hydrogens is 473 g/mol. The first-order valence-corrected chi connectivity index (χ1v) is 9.15. The molecule has 8 nitrogen and oxygen atoms in total. The number of aliphatic imine (C=N–C) groups is 1. The molecule has 0 aliphatic heterocycles. The van der Waals surface area contributed by atoms with E-state index < -0.39 is 0 Å². The van der Waals surface area contributed by atoms with Crippen molar-refractivity contribution < 1.29 is 14.3 Å². The highest BCUT2D eigenvalue weighted by Gasteiger charge is 2.06. The zero-order valence-electron chi connectivity index (χ0n) is 17.3. The van der Waals surface area contributed by atoms with Gasteiger partial charge in [0.15, 0.2) is 5.96 Å². The molecule has 0 aliphatic rings. The third kappa shape index (κ3) is 11.3. The number of carbonyl (C=O) groups is 1. The summed E-state index contributed by atoms with van der Waals surface area (Å²) in [5.41, 5.74) is 0.577. The first-order chi connectivity index (χ1) is 13.1. The maximum atomic E-state index is 12.1. The Balaban J connectivity index is 0.00000729. The van der Waals surface area contributed by atoms with Crippen LogP contribution in [0.5, 0.6) is 5.75 Å². The fourth-order valence-corrected chi connectivity index (χ4v) is 2.40. The van der Waals surface area contributed by atoms with Gasteiger partial charge in [-0.2, -0.15) is 0 Å². The number of rotatable bonds is 12. The van der Waals surface area contributed by atoms with E-state index in [2.05, 4.69) is 32.9 Å². The van der Waals surface area contributed by atoms with Crippen LogP contribution in [0.2, 0.25) is 0 Å². The lowest BCUT2D eigenvalue weighted by Crippen LogP contribution is -2.43.